The quantitative estimate of drug-likeness (QED) is 0.841. The number of hydrogen-bond donors (Lipinski definition) is 2. The second-order valence-electron chi connectivity index (χ2n) is 5.36. The molecule has 2 rings (SSSR count). The number of aliphatic hydroxyl groups excluding tert-OH is 1. The normalized spacial score (nSPS) is 19.9. The van der Waals surface area contributed by atoms with Crippen molar-refractivity contribution in [3.8, 4) is 5.75 Å². The Morgan fingerprint density at radius 1 is 1.44 bits per heavy atom. The van der Waals surface area contributed by atoms with Gasteiger partial charge in [-0.2, -0.15) is 0 Å². The van der Waals surface area contributed by atoms with Gasteiger partial charge >= 0.3 is 0 Å². The van der Waals surface area contributed by atoms with E-state index in [1.165, 1.54) is 11.1 Å². The van der Waals surface area contributed by atoms with E-state index in [0.29, 0.717) is 12.0 Å². The molecular formula is C15H23NO2. The zero-order valence-electron chi connectivity index (χ0n) is 11.4. The lowest BCUT2D eigenvalue weighted by Crippen LogP contribution is -2.38. The zero-order chi connectivity index (χ0) is 13.1. The molecule has 0 spiro atoms. The third kappa shape index (κ3) is 2.68. The van der Waals surface area contributed by atoms with Crippen molar-refractivity contribution < 1.29 is 9.84 Å². The lowest BCUT2D eigenvalue weighted by molar-refractivity contribution is 0.199. The van der Waals surface area contributed by atoms with Gasteiger partial charge in [0.15, 0.2) is 0 Å². The Morgan fingerprint density at radius 3 is 2.83 bits per heavy atom. The summed E-state index contributed by atoms with van der Waals surface area (Å²) >= 11 is 0. The number of aliphatic hydroxyl groups is 1. The van der Waals surface area contributed by atoms with Crippen LogP contribution in [0.2, 0.25) is 0 Å². The van der Waals surface area contributed by atoms with Crippen LogP contribution in [-0.4, -0.2) is 24.9 Å². The average Bonchev–Trinajstić information content (AvgIpc) is 2.77. The van der Waals surface area contributed by atoms with E-state index in [-0.39, 0.29) is 12.6 Å². The molecule has 0 bridgehead atoms. The Bertz CT molecular complexity index is 403. The first-order chi connectivity index (χ1) is 8.65. The lowest BCUT2D eigenvalue weighted by atomic mass is 10.0. The van der Waals surface area contributed by atoms with Crippen molar-refractivity contribution in [2.45, 2.75) is 38.8 Å². The molecule has 0 saturated heterocycles. The number of hydrogen-bond acceptors (Lipinski definition) is 3. The molecule has 0 aromatic heterocycles. The molecule has 0 heterocycles. The van der Waals surface area contributed by atoms with Crippen LogP contribution < -0.4 is 10.1 Å². The third-order valence-corrected chi connectivity index (χ3v) is 3.85. The van der Waals surface area contributed by atoms with E-state index < -0.39 is 0 Å². The van der Waals surface area contributed by atoms with Crippen LogP contribution in [0.4, 0.5) is 0 Å². The highest BCUT2D eigenvalue weighted by atomic mass is 16.5. The van der Waals surface area contributed by atoms with Crippen LogP contribution >= 0.6 is 0 Å². The number of benzene rings is 1. The first-order valence-corrected chi connectivity index (χ1v) is 6.69. The van der Waals surface area contributed by atoms with Gasteiger partial charge in [-0.1, -0.05) is 19.9 Å². The predicted octanol–water partition coefficient (Wildman–Crippen LogP) is 2.29. The minimum absolute atomic E-state index is 0.159. The van der Waals surface area contributed by atoms with E-state index in [2.05, 4.69) is 31.3 Å². The smallest absolute Gasteiger partial charge is 0.119 e. The van der Waals surface area contributed by atoms with Crippen molar-refractivity contribution >= 4 is 0 Å². The molecule has 0 amide bonds. The van der Waals surface area contributed by atoms with Gasteiger partial charge in [0.1, 0.15) is 5.75 Å². The number of ether oxygens (including phenoxy) is 1. The van der Waals surface area contributed by atoms with Gasteiger partial charge in [-0.3, -0.25) is 0 Å². The number of fused-ring (bicyclic) bond motifs is 1. The standard InChI is InChI=1S/C15H23NO2/c1-10(2)15(9-17)16-14-7-5-11-4-6-12(18-3)8-13(11)14/h4,6,8,10,14-17H,5,7,9H2,1-3H3/t14?,15-/m1/s1. The maximum atomic E-state index is 9.42. The maximum absolute atomic E-state index is 9.42. The Hall–Kier alpha value is -1.06. The van der Waals surface area contributed by atoms with E-state index in [4.69, 9.17) is 4.74 Å². The molecule has 0 fully saturated rings. The molecule has 0 aliphatic heterocycles. The van der Waals surface area contributed by atoms with E-state index in [1.807, 2.05) is 6.07 Å². The summed E-state index contributed by atoms with van der Waals surface area (Å²) in [6.07, 6.45) is 2.21. The average molecular weight is 249 g/mol. The predicted molar refractivity (Wildman–Crippen MR) is 72.9 cm³/mol. The molecule has 1 aromatic rings. The van der Waals surface area contributed by atoms with Gasteiger partial charge < -0.3 is 15.2 Å². The van der Waals surface area contributed by atoms with Gasteiger partial charge in [-0.05, 0) is 42.0 Å². The molecule has 3 nitrogen and oxygen atoms in total. The van der Waals surface area contributed by atoms with Crippen molar-refractivity contribution in [3.05, 3.63) is 29.3 Å². The Morgan fingerprint density at radius 2 is 2.22 bits per heavy atom. The van der Waals surface area contributed by atoms with Crippen molar-refractivity contribution in [3.63, 3.8) is 0 Å². The molecular weight excluding hydrogens is 226 g/mol. The summed E-state index contributed by atoms with van der Waals surface area (Å²) in [5.41, 5.74) is 2.72. The molecule has 1 aromatic carbocycles. The lowest BCUT2D eigenvalue weighted by Gasteiger charge is -2.25. The van der Waals surface area contributed by atoms with Crippen LogP contribution in [0.15, 0.2) is 18.2 Å². The van der Waals surface area contributed by atoms with Gasteiger partial charge in [0.25, 0.3) is 0 Å². The number of methoxy groups -OCH3 is 1. The second kappa shape index (κ2) is 5.72. The fraction of sp³-hybridized carbons (Fsp3) is 0.600. The van der Waals surface area contributed by atoms with E-state index in [1.54, 1.807) is 7.11 Å². The minimum atomic E-state index is 0.159. The van der Waals surface area contributed by atoms with Crippen LogP contribution in [-0.2, 0) is 6.42 Å². The van der Waals surface area contributed by atoms with Gasteiger partial charge in [-0.25, -0.2) is 0 Å². The van der Waals surface area contributed by atoms with Gasteiger partial charge in [0, 0.05) is 12.1 Å². The van der Waals surface area contributed by atoms with E-state index >= 15 is 0 Å². The fourth-order valence-electron chi connectivity index (χ4n) is 2.59. The molecule has 1 unspecified atom stereocenters. The van der Waals surface area contributed by atoms with Gasteiger partial charge in [0.2, 0.25) is 0 Å². The molecule has 2 atom stereocenters. The first-order valence-electron chi connectivity index (χ1n) is 6.69. The van der Waals surface area contributed by atoms with Crippen molar-refractivity contribution in [2.24, 2.45) is 5.92 Å². The summed E-state index contributed by atoms with van der Waals surface area (Å²) in [6.45, 7) is 4.46. The first kappa shape index (κ1) is 13.4. The summed E-state index contributed by atoms with van der Waals surface area (Å²) in [5, 5.41) is 13.0. The number of nitrogens with one attached hydrogen (secondary N) is 1. The topological polar surface area (TPSA) is 41.5 Å². The van der Waals surface area contributed by atoms with Crippen LogP contribution in [0.1, 0.15) is 37.4 Å². The molecule has 1 aliphatic rings. The molecule has 2 N–H and O–H groups in total. The molecule has 100 valence electrons. The monoisotopic (exact) mass is 249 g/mol. The Labute approximate surface area is 109 Å². The summed E-state index contributed by atoms with van der Waals surface area (Å²) in [6, 6.07) is 6.79. The Kier molecular flexibility index (Phi) is 4.25. The number of aryl methyl sites for hydroxylation is 1. The molecule has 0 saturated carbocycles. The number of rotatable bonds is 5. The highest BCUT2D eigenvalue weighted by molar-refractivity contribution is 5.40. The third-order valence-electron chi connectivity index (χ3n) is 3.85. The zero-order valence-corrected chi connectivity index (χ0v) is 11.4. The molecule has 1 aliphatic carbocycles. The highest BCUT2D eigenvalue weighted by Crippen LogP contribution is 2.34. The second-order valence-corrected chi connectivity index (χ2v) is 5.36. The summed E-state index contributed by atoms with van der Waals surface area (Å²) in [7, 11) is 1.70. The van der Waals surface area contributed by atoms with E-state index in [0.717, 1.165) is 18.6 Å². The van der Waals surface area contributed by atoms with Crippen molar-refractivity contribution in [1.82, 2.24) is 5.32 Å². The maximum Gasteiger partial charge on any atom is 0.119 e. The Balaban J connectivity index is 2.15. The fourth-order valence-corrected chi connectivity index (χ4v) is 2.59. The van der Waals surface area contributed by atoms with Gasteiger partial charge in [0.05, 0.1) is 13.7 Å². The summed E-state index contributed by atoms with van der Waals surface area (Å²) in [4.78, 5) is 0. The molecule has 18 heavy (non-hydrogen) atoms. The van der Waals surface area contributed by atoms with E-state index in [9.17, 15) is 5.11 Å². The van der Waals surface area contributed by atoms with Gasteiger partial charge in [-0.15, -0.1) is 0 Å². The summed E-state index contributed by atoms with van der Waals surface area (Å²) < 4.78 is 5.29. The molecule has 0 radical (unpaired) electrons. The van der Waals surface area contributed by atoms with Crippen LogP contribution in [0.25, 0.3) is 0 Å². The van der Waals surface area contributed by atoms with Crippen LogP contribution in [0, 0.1) is 5.92 Å². The summed E-state index contributed by atoms with van der Waals surface area (Å²) in [5.74, 6) is 1.34. The van der Waals surface area contributed by atoms with Crippen LogP contribution in [0.5, 0.6) is 5.75 Å². The molecule has 3 heteroatoms. The largest absolute Gasteiger partial charge is 0.497 e. The van der Waals surface area contributed by atoms with Crippen LogP contribution in [0.3, 0.4) is 0 Å². The minimum Gasteiger partial charge on any atom is -0.497 e. The highest BCUT2D eigenvalue weighted by Gasteiger charge is 2.26. The van der Waals surface area contributed by atoms with Crippen molar-refractivity contribution in [1.29, 1.82) is 0 Å². The van der Waals surface area contributed by atoms with Crippen molar-refractivity contribution in [2.75, 3.05) is 13.7 Å². The SMILES string of the molecule is COc1ccc2c(c1)C(N[C@H](CO)C(C)C)CC2.